The van der Waals surface area contributed by atoms with Gasteiger partial charge in [-0.15, -0.1) is 0 Å². The molecule has 1 N–H and O–H groups in total. The van der Waals surface area contributed by atoms with Crippen LogP contribution in [0.5, 0.6) is 0 Å². The van der Waals surface area contributed by atoms with E-state index in [9.17, 15) is 0 Å². The van der Waals surface area contributed by atoms with Gasteiger partial charge in [0.2, 0.25) is 0 Å². The van der Waals surface area contributed by atoms with Crippen LogP contribution in [0, 0.1) is 0 Å². The molecule has 0 aliphatic heterocycles. The molecule has 0 aliphatic carbocycles. The molecule has 0 aliphatic rings. The number of imidazole rings is 1. The Labute approximate surface area is 101 Å². The summed E-state index contributed by atoms with van der Waals surface area (Å²) in [7, 11) is 1.93. The zero-order valence-corrected chi connectivity index (χ0v) is 10.7. The van der Waals surface area contributed by atoms with Crippen molar-refractivity contribution >= 4 is 0 Å². The number of aryl methyl sites for hydroxylation is 1. The lowest BCUT2D eigenvalue weighted by Crippen LogP contribution is -2.35. The van der Waals surface area contributed by atoms with Crippen LogP contribution in [-0.2, 0) is 13.6 Å². The second-order valence-electron chi connectivity index (χ2n) is 5.16. The lowest BCUT2D eigenvalue weighted by molar-refractivity contribution is 0.421. The second kappa shape index (κ2) is 4.33. The maximum absolute atomic E-state index is 5.40. The Morgan fingerprint density at radius 1 is 1.35 bits per heavy atom. The van der Waals surface area contributed by atoms with Gasteiger partial charge in [0.25, 0.3) is 0 Å². The van der Waals surface area contributed by atoms with E-state index in [0.717, 1.165) is 17.1 Å². The van der Waals surface area contributed by atoms with Crippen LogP contribution >= 0.6 is 0 Å². The summed E-state index contributed by atoms with van der Waals surface area (Å²) in [6.07, 6.45) is 5.13. The van der Waals surface area contributed by atoms with E-state index in [1.165, 1.54) is 6.39 Å². The zero-order chi connectivity index (χ0) is 12.5. The van der Waals surface area contributed by atoms with Crippen molar-refractivity contribution in [1.29, 1.82) is 0 Å². The highest BCUT2D eigenvalue weighted by molar-refractivity contribution is 5.53. The van der Waals surface area contributed by atoms with Crippen molar-refractivity contribution in [2.75, 3.05) is 0 Å². The minimum Gasteiger partial charge on any atom is -0.441 e. The first-order chi connectivity index (χ1) is 7.96. The smallest absolute Gasteiger partial charge is 0.181 e. The molecule has 2 aromatic heterocycles. The number of hydrogen-bond donors (Lipinski definition) is 1. The van der Waals surface area contributed by atoms with E-state index in [4.69, 9.17) is 4.42 Å². The Morgan fingerprint density at radius 2 is 2.12 bits per heavy atom. The van der Waals surface area contributed by atoms with Crippen molar-refractivity contribution < 1.29 is 4.42 Å². The monoisotopic (exact) mass is 234 g/mol. The fourth-order valence-corrected chi connectivity index (χ4v) is 1.48. The van der Waals surface area contributed by atoms with Gasteiger partial charge >= 0.3 is 0 Å². The molecule has 5 heteroatoms. The molecule has 92 valence electrons. The molecule has 2 heterocycles. The number of nitrogens with zero attached hydrogens (tertiary/aromatic N) is 3. The summed E-state index contributed by atoms with van der Waals surface area (Å²) in [6, 6.07) is 0. The molecule has 0 saturated heterocycles. The van der Waals surface area contributed by atoms with E-state index < -0.39 is 0 Å². The van der Waals surface area contributed by atoms with Gasteiger partial charge in [-0.05, 0) is 20.8 Å². The number of hydrogen-bond acceptors (Lipinski definition) is 4. The lowest BCUT2D eigenvalue weighted by Gasteiger charge is -2.19. The molecule has 0 fully saturated rings. The Balaban J connectivity index is 2.17. The van der Waals surface area contributed by atoms with E-state index in [0.29, 0.717) is 6.54 Å². The van der Waals surface area contributed by atoms with E-state index in [2.05, 4.69) is 36.1 Å². The van der Waals surface area contributed by atoms with Crippen molar-refractivity contribution in [2.24, 2.45) is 7.05 Å². The van der Waals surface area contributed by atoms with Crippen LogP contribution in [0.3, 0.4) is 0 Å². The first-order valence-electron chi connectivity index (χ1n) is 5.61. The minimum absolute atomic E-state index is 0.0559. The SMILES string of the molecule is Cn1cnc(-c2ocnc2CNC(C)(C)C)c1. The summed E-state index contributed by atoms with van der Waals surface area (Å²) in [5.41, 5.74) is 1.76. The van der Waals surface area contributed by atoms with Crippen molar-refractivity contribution in [3.05, 3.63) is 24.6 Å². The largest absolute Gasteiger partial charge is 0.441 e. The third-order valence-corrected chi connectivity index (χ3v) is 2.36. The zero-order valence-electron chi connectivity index (χ0n) is 10.7. The standard InChI is InChI=1S/C12H18N4O/c1-12(2,3)15-5-9-11(17-8-14-9)10-6-16(4)7-13-10/h6-8,15H,5H2,1-4H3. The number of nitrogens with one attached hydrogen (secondary N) is 1. The van der Waals surface area contributed by atoms with E-state index in [1.54, 1.807) is 6.33 Å². The summed E-state index contributed by atoms with van der Waals surface area (Å²) in [4.78, 5) is 8.49. The molecule has 2 rings (SSSR count). The van der Waals surface area contributed by atoms with Crippen molar-refractivity contribution in [3.63, 3.8) is 0 Å². The van der Waals surface area contributed by atoms with Crippen molar-refractivity contribution in [2.45, 2.75) is 32.9 Å². The Kier molecular flexibility index (Phi) is 3.02. The summed E-state index contributed by atoms with van der Waals surface area (Å²) in [6.45, 7) is 7.03. The van der Waals surface area contributed by atoms with Crippen molar-refractivity contribution in [3.8, 4) is 11.5 Å². The van der Waals surface area contributed by atoms with Gasteiger partial charge in [0.05, 0.1) is 6.33 Å². The first kappa shape index (κ1) is 11.9. The van der Waals surface area contributed by atoms with Crippen LogP contribution in [0.2, 0.25) is 0 Å². The van der Waals surface area contributed by atoms with Crippen LogP contribution in [-0.4, -0.2) is 20.1 Å². The topological polar surface area (TPSA) is 55.9 Å². The van der Waals surface area contributed by atoms with E-state index in [1.807, 2.05) is 17.8 Å². The van der Waals surface area contributed by atoms with E-state index >= 15 is 0 Å². The third-order valence-electron chi connectivity index (χ3n) is 2.36. The van der Waals surface area contributed by atoms with Crippen LogP contribution in [0.25, 0.3) is 11.5 Å². The Hall–Kier alpha value is -1.62. The maximum Gasteiger partial charge on any atom is 0.181 e. The van der Waals surface area contributed by atoms with E-state index in [-0.39, 0.29) is 5.54 Å². The normalized spacial score (nSPS) is 12.0. The summed E-state index contributed by atoms with van der Waals surface area (Å²) in [5, 5.41) is 3.38. The average molecular weight is 234 g/mol. The van der Waals surface area contributed by atoms with Crippen LogP contribution in [0.1, 0.15) is 26.5 Å². The molecule has 2 aromatic rings. The number of aromatic nitrogens is 3. The summed E-state index contributed by atoms with van der Waals surface area (Å²) < 4.78 is 7.29. The molecular weight excluding hydrogens is 216 g/mol. The Bertz CT molecular complexity index is 493. The van der Waals surface area contributed by atoms with Crippen LogP contribution in [0.15, 0.2) is 23.3 Å². The van der Waals surface area contributed by atoms with Gasteiger partial charge in [0, 0.05) is 25.3 Å². The maximum atomic E-state index is 5.40. The molecule has 0 aromatic carbocycles. The summed E-state index contributed by atoms with van der Waals surface area (Å²) in [5.74, 6) is 0.738. The summed E-state index contributed by atoms with van der Waals surface area (Å²) >= 11 is 0. The van der Waals surface area contributed by atoms with Crippen molar-refractivity contribution in [1.82, 2.24) is 19.9 Å². The van der Waals surface area contributed by atoms with Gasteiger partial charge in [-0.2, -0.15) is 0 Å². The van der Waals surface area contributed by atoms with Gasteiger partial charge in [-0.1, -0.05) is 0 Å². The second-order valence-corrected chi connectivity index (χ2v) is 5.16. The fraction of sp³-hybridized carbons (Fsp3) is 0.500. The first-order valence-corrected chi connectivity index (χ1v) is 5.61. The van der Waals surface area contributed by atoms with Gasteiger partial charge < -0.3 is 14.3 Å². The molecule has 0 spiro atoms. The third kappa shape index (κ3) is 2.94. The number of oxazole rings is 1. The lowest BCUT2D eigenvalue weighted by atomic mass is 10.1. The fourth-order valence-electron chi connectivity index (χ4n) is 1.48. The molecule has 5 nitrogen and oxygen atoms in total. The quantitative estimate of drug-likeness (QED) is 0.882. The molecule has 0 radical (unpaired) electrons. The highest BCUT2D eigenvalue weighted by Gasteiger charge is 2.15. The predicted octanol–water partition coefficient (Wildman–Crippen LogP) is 1.96. The molecule has 0 saturated carbocycles. The molecular formula is C12H18N4O. The van der Waals surface area contributed by atoms with Crippen LogP contribution in [0.4, 0.5) is 0 Å². The minimum atomic E-state index is 0.0559. The Morgan fingerprint density at radius 3 is 2.71 bits per heavy atom. The average Bonchev–Trinajstić information content (AvgIpc) is 2.81. The van der Waals surface area contributed by atoms with Gasteiger partial charge in [-0.25, -0.2) is 9.97 Å². The number of rotatable bonds is 3. The molecule has 0 amide bonds. The molecule has 17 heavy (non-hydrogen) atoms. The highest BCUT2D eigenvalue weighted by Crippen LogP contribution is 2.21. The molecule has 0 atom stereocenters. The van der Waals surface area contributed by atoms with Gasteiger partial charge in [0.15, 0.2) is 12.2 Å². The van der Waals surface area contributed by atoms with Crippen LogP contribution < -0.4 is 5.32 Å². The van der Waals surface area contributed by atoms with Gasteiger partial charge in [0.1, 0.15) is 11.4 Å². The molecule has 0 bridgehead atoms. The highest BCUT2D eigenvalue weighted by atomic mass is 16.3. The molecule has 0 unspecified atom stereocenters. The van der Waals surface area contributed by atoms with Gasteiger partial charge in [-0.3, -0.25) is 0 Å². The predicted molar refractivity (Wildman–Crippen MR) is 65.3 cm³/mol.